The van der Waals surface area contributed by atoms with E-state index >= 15 is 0 Å². The largest absolute Gasteiger partial charge is 0.379 e. The van der Waals surface area contributed by atoms with Gasteiger partial charge >= 0.3 is 0 Å². The molecule has 0 saturated heterocycles. The highest BCUT2D eigenvalue weighted by Gasteiger charge is 2.43. The number of hydrogen-bond donors (Lipinski definition) is 1. The fourth-order valence-corrected chi connectivity index (χ4v) is 4.29. The van der Waals surface area contributed by atoms with Crippen molar-refractivity contribution in [2.24, 2.45) is 11.7 Å². The van der Waals surface area contributed by atoms with Crippen LogP contribution in [0.5, 0.6) is 0 Å². The van der Waals surface area contributed by atoms with Crippen LogP contribution in [0, 0.1) is 5.92 Å². The van der Waals surface area contributed by atoms with E-state index in [9.17, 15) is 0 Å². The van der Waals surface area contributed by atoms with E-state index < -0.39 is 0 Å². The molecule has 3 heteroatoms. The molecule has 112 valence electrons. The number of ether oxygens (including phenoxy) is 1. The first-order valence-electron chi connectivity index (χ1n) is 8.17. The first-order valence-corrected chi connectivity index (χ1v) is 8.17. The number of nitrogens with zero attached hydrogens (tertiary/aromatic N) is 1. The molecule has 2 aliphatic carbocycles. The fraction of sp³-hybridized carbons (Fsp3) is 1.00. The van der Waals surface area contributed by atoms with E-state index in [2.05, 4.69) is 11.9 Å². The van der Waals surface area contributed by atoms with Crippen LogP contribution in [0.2, 0.25) is 0 Å². The van der Waals surface area contributed by atoms with E-state index in [1.807, 2.05) is 7.11 Å². The normalized spacial score (nSPS) is 33.8. The molecule has 2 rings (SSSR count). The van der Waals surface area contributed by atoms with Gasteiger partial charge in [-0.2, -0.15) is 0 Å². The molecular weight excluding hydrogens is 236 g/mol. The molecule has 0 aromatic heterocycles. The topological polar surface area (TPSA) is 38.5 Å². The smallest absolute Gasteiger partial charge is 0.0767 e. The Balaban J connectivity index is 2.01. The van der Waals surface area contributed by atoms with E-state index in [1.165, 1.54) is 64.3 Å². The second-order valence-electron chi connectivity index (χ2n) is 6.66. The second-order valence-corrected chi connectivity index (χ2v) is 6.66. The predicted molar refractivity (Wildman–Crippen MR) is 80.3 cm³/mol. The Morgan fingerprint density at radius 1 is 1.11 bits per heavy atom. The molecule has 19 heavy (non-hydrogen) atoms. The summed E-state index contributed by atoms with van der Waals surface area (Å²) < 4.78 is 5.79. The molecule has 0 aromatic rings. The maximum absolute atomic E-state index is 6.19. The van der Waals surface area contributed by atoms with Crippen LogP contribution in [-0.4, -0.2) is 43.8 Å². The van der Waals surface area contributed by atoms with Crippen LogP contribution in [0.1, 0.15) is 57.8 Å². The van der Waals surface area contributed by atoms with Gasteiger partial charge in [0.2, 0.25) is 0 Å². The van der Waals surface area contributed by atoms with E-state index in [0.717, 1.165) is 12.5 Å². The lowest BCUT2D eigenvalue weighted by Crippen LogP contribution is -2.62. The Labute approximate surface area is 118 Å². The zero-order chi connectivity index (χ0) is 13.7. The zero-order valence-electron chi connectivity index (χ0n) is 12.9. The molecule has 0 radical (unpaired) electrons. The van der Waals surface area contributed by atoms with Gasteiger partial charge in [-0.1, -0.05) is 32.1 Å². The summed E-state index contributed by atoms with van der Waals surface area (Å²) in [5, 5.41) is 0. The van der Waals surface area contributed by atoms with Gasteiger partial charge in [-0.25, -0.2) is 0 Å². The van der Waals surface area contributed by atoms with E-state index in [1.54, 1.807) is 0 Å². The number of nitrogens with two attached hydrogens (primary N) is 1. The summed E-state index contributed by atoms with van der Waals surface area (Å²) in [5.74, 6) is 0.876. The zero-order valence-corrected chi connectivity index (χ0v) is 12.9. The maximum atomic E-state index is 6.19. The summed E-state index contributed by atoms with van der Waals surface area (Å²) >= 11 is 0. The van der Waals surface area contributed by atoms with Crippen molar-refractivity contribution in [3.63, 3.8) is 0 Å². The Kier molecular flexibility index (Phi) is 5.67. The van der Waals surface area contributed by atoms with Crippen molar-refractivity contribution >= 4 is 0 Å². The van der Waals surface area contributed by atoms with Gasteiger partial charge in [-0.05, 0) is 38.6 Å². The number of likely N-dealkylation sites (N-methyl/N-ethyl adjacent to an activating group) is 1. The highest BCUT2D eigenvalue weighted by molar-refractivity contribution is 5.00. The molecule has 2 N–H and O–H groups in total. The summed E-state index contributed by atoms with van der Waals surface area (Å²) in [7, 11) is 4.13. The Bertz CT molecular complexity index is 265. The minimum absolute atomic E-state index is 0.0877. The third kappa shape index (κ3) is 3.32. The summed E-state index contributed by atoms with van der Waals surface area (Å²) in [5.41, 5.74) is 6.28. The number of hydrogen-bond acceptors (Lipinski definition) is 3. The highest BCUT2D eigenvalue weighted by Crippen LogP contribution is 2.36. The van der Waals surface area contributed by atoms with Gasteiger partial charge in [0.25, 0.3) is 0 Å². The maximum Gasteiger partial charge on any atom is 0.0767 e. The molecule has 2 saturated carbocycles. The second kappa shape index (κ2) is 7.05. The van der Waals surface area contributed by atoms with Crippen molar-refractivity contribution in [1.29, 1.82) is 0 Å². The van der Waals surface area contributed by atoms with Crippen molar-refractivity contribution in [2.45, 2.75) is 69.4 Å². The molecule has 0 heterocycles. The first kappa shape index (κ1) is 15.3. The molecule has 2 fully saturated rings. The Morgan fingerprint density at radius 2 is 1.79 bits per heavy atom. The molecule has 0 aliphatic heterocycles. The van der Waals surface area contributed by atoms with Crippen LogP contribution in [-0.2, 0) is 4.74 Å². The predicted octanol–water partition coefficient (Wildman–Crippen LogP) is 2.79. The average molecular weight is 268 g/mol. The molecule has 0 spiro atoms. The van der Waals surface area contributed by atoms with Crippen molar-refractivity contribution in [3.8, 4) is 0 Å². The molecule has 0 aromatic carbocycles. The summed E-state index contributed by atoms with van der Waals surface area (Å²) in [6.07, 6.45) is 12.4. The monoisotopic (exact) mass is 268 g/mol. The lowest BCUT2D eigenvalue weighted by atomic mass is 9.77. The Hall–Kier alpha value is -0.120. The van der Waals surface area contributed by atoms with Gasteiger partial charge in [0.1, 0.15) is 0 Å². The van der Waals surface area contributed by atoms with Gasteiger partial charge in [0.15, 0.2) is 0 Å². The first-order chi connectivity index (χ1) is 9.23. The van der Waals surface area contributed by atoms with Crippen molar-refractivity contribution in [3.05, 3.63) is 0 Å². The fourth-order valence-electron chi connectivity index (χ4n) is 4.29. The highest BCUT2D eigenvalue weighted by atomic mass is 16.5. The minimum Gasteiger partial charge on any atom is -0.379 e. The Morgan fingerprint density at radius 3 is 2.42 bits per heavy atom. The third-order valence-corrected chi connectivity index (χ3v) is 5.58. The minimum atomic E-state index is 0.0877. The van der Waals surface area contributed by atoms with Crippen molar-refractivity contribution in [1.82, 2.24) is 4.90 Å². The molecule has 3 nitrogen and oxygen atoms in total. The molecule has 0 bridgehead atoms. The molecule has 2 unspecified atom stereocenters. The summed E-state index contributed by atoms with van der Waals surface area (Å²) in [6.45, 7) is 1.94. The van der Waals surface area contributed by atoms with Crippen LogP contribution in [0.4, 0.5) is 0 Å². The van der Waals surface area contributed by atoms with E-state index in [-0.39, 0.29) is 5.54 Å². The van der Waals surface area contributed by atoms with Crippen LogP contribution < -0.4 is 5.73 Å². The number of rotatable bonds is 5. The van der Waals surface area contributed by atoms with E-state index in [0.29, 0.717) is 6.10 Å². The van der Waals surface area contributed by atoms with E-state index in [4.69, 9.17) is 10.5 Å². The van der Waals surface area contributed by atoms with Crippen LogP contribution in [0.25, 0.3) is 0 Å². The van der Waals surface area contributed by atoms with Crippen LogP contribution in [0.3, 0.4) is 0 Å². The lowest BCUT2D eigenvalue weighted by Gasteiger charge is -2.50. The molecule has 0 amide bonds. The van der Waals surface area contributed by atoms with Gasteiger partial charge < -0.3 is 10.5 Å². The standard InChI is InChI=1S/C16H32N2O/c1-18(12-14-8-4-3-5-9-14)16(13-17)11-7-6-10-15(16)19-2/h14-15H,3-13,17H2,1-2H3. The number of methoxy groups -OCH3 is 1. The summed E-state index contributed by atoms with van der Waals surface area (Å²) in [6, 6.07) is 0. The van der Waals surface area contributed by atoms with Gasteiger partial charge in [-0.3, -0.25) is 4.90 Å². The third-order valence-electron chi connectivity index (χ3n) is 5.58. The van der Waals surface area contributed by atoms with Crippen LogP contribution in [0.15, 0.2) is 0 Å². The molecule has 2 aliphatic rings. The van der Waals surface area contributed by atoms with Crippen molar-refractivity contribution in [2.75, 3.05) is 27.2 Å². The van der Waals surface area contributed by atoms with Crippen LogP contribution >= 0.6 is 0 Å². The van der Waals surface area contributed by atoms with Gasteiger partial charge in [0, 0.05) is 20.2 Å². The molecule has 2 atom stereocenters. The SMILES string of the molecule is COC1CCCCC1(CN)N(C)CC1CCCCC1. The summed E-state index contributed by atoms with van der Waals surface area (Å²) in [4.78, 5) is 2.55. The lowest BCUT2D eigenvalue weighted by molar-refractivity contribution is -0.0712. The van der Waals surface area contributed by atoms with Crippen molar-refractivity contribution < 1.29 is 4.74 Å². The average Bonchev–Trinajstić information content (AvgIpc) is 2.47. The van der Waals surface area contributed by atoms with Gasteiger partial charge in [0.05, 0.1) is 11.6 Å². The molecular formula is C16H32N2O. The quantitative estimate of drug-likeness (QED) is 0.833. The van der Waals surface area contributed by atoms with Gasteiger partial charge in [-0.15, -0.1) is 0 Å².